The minimum atomic E-state index is -1.43. The van der Waals surface area contributed by atoms with Gasteiger partial charge >= 0.3 is 12.1 Å². The molecule has 14 nitrogen and oxygen atoms in total. The monoisotopic (exact) mass is 742 g/mol. The van der Waals surface area contributed by atoms with Gasteiger partial charge in [0, 0.05) is 12.2 Å². The molecule has 1 fully saturated rings. The average molecular weight is 743 g/mol. The fourth-order valence-electron chi connectivity index (χ4n) is 6.39. The molecule has 0 aromatic heterocycles. The zero-order valence-corrected chi connectivity index (χ0v) is 31.6. The Morgan fingerprint density at radius 3 is 2.28 bits per heavy atom. The number of nitrogens with zero attached hydrogens (tertiary/aromatic N) is 2. The van der Waals surface area contributed by atoms with Crippen LogP contribution in [-0.2, 0) is 40.0 Å². The van der Waals surface area contributed by atoms with Crippen LogP contribution in [0.15, 0.2) is 78.9 Å². The van der Waals surface area contributed by atoms with E-state index in [9.17, 15) is 24.0 Å². The van der Waals surface area contributed by atoms with E-state index >= 15 is 0 Å². The molecule has 4 N–H and O–H groups in total. The molecule has 3 atom stereocenters. The molecule has 3 aromatic rings. The van der Waals surface area contributed by atoms with Gasteiger partial charge in [0.1, 0.15) is 29.3 Å². The molecule has 0 bridgehead atoms. The van der Waals surface area contributed by atoms with Crippen LogP contribution in [0.3, 0.4) is 0 Å². The Morgan fingerprint density at radius 1 is 0.926 bits per heavy atom. The zero-order chi connectivity index (χ0) is 39.0. The maximum absolute atomic E-state index is 14.2. The number of nitrogens with one attached hydrogen (secondary N) is 4. The van der Waals surface area contributed by atoms with E-state index in [0.29, 0.717) is 37.4 Å². The Bertz CT molecular complexity index is 1810. The molecule has 14 heteroatoms. The second kappa shape index (κ2) is 17.0. The maximum Gasteiger partial charge on any atom is 0.408 e. The number of carbonyl (C=O) groups excluding carboxylic acids is 5. The molecule has 4 amide bonds. The van der Waals surface area contributed by atoms with Crippen LogP contribution in [0.1, 0.15) is 64.6 Å². The van der Waals surface area contributed by atoms with Crippen LogP contribution in [0.2, 0.25) is 0 Å². The smallest absolute Gasteiger partial charge is 0.408 e. The van der Waals surface area contributed by atoms with Crippen molar-refractivity contribution in [2.45, 2.75) is 83.3 Å². The van der Waals surface area contributed by atoms with Gasteiger partial charge in [0.15, 0.2) is 0 Å². The fourth-order valence-corrected chi connectivity index (χ4v) is 6.39. The number of anilines is 3. The molecule has 0 radical (unpaired) electrons. The Hall–Kier alpha value is -5.63. The SMILES string of the molecule is COC(=O)C1CCCN1C(=O)C(c1ccccc1)N1CNc2cc(NC(=O)[C@@H](COCc3ccccc3)NC(=O)C(C)(C)NC(=O)OC(C)(C)C)ccc21. The zero-order valence-electron chi connectivity index (χ0n) is 31.6. The summed E-state index contributed by atoms with van der Waals surface area (Å²) in [5.41, 5.74) is 1.30. The lowest BCUT2D eigenvalue weighted by Crippen LogP contribution is -2.59. The van der Waals surface area contributed by atoms with Gasteiger partial charge < -0.3 is 45.3 Å². The van der Waals surface area contributed by atoms with E-state index in [4.69, 9.17) is 14.2 Å². The van der Waals surface area contributed by atoms with Crippen molar-refractivity contribution in [3.05, 3.63) is 90.0 Å². The molecule has 0 spiro atoms. The van der Waals surface area contributed by atoms with Crippen LogP contribution in [-0.4, -0.2) is 84.8 Å². The Morgan fingerprint density at radius 2 is 1.61 bits per heavy atom. The molecular formula is C40H50N6O8. The van der Waals surface area contributed by atoms with Crippen molar-refractivity contribution in [2.24, 2.45) is 0 Å². The van der Waals surface area contributed by atoms with E-state index in [1.165, 1.54) is 21.0 Å². The highest BCUT2D eigenvalue weighted by molar-refractivity contribution is 6.00. The third kappa shape index (κ3) is 9.86. The summed E-state index contributed by atoms with van der Waals surface area (Å²) in [7, 11) is 1.33. The Labute approximate surface area is 315 Å². The summed E-state index contributed by atoms with van der Waals surface area (Å²) >= 11 is 0. The van der Waals surface area contributed by atoms with Crippen molar-refractivity contribution in [1.29, 1.82) is 0 Å². The van der Waals surface area contributed by atoms with Crippen molar-refractivity contribution >= 4 is 46.8 Å². The number of rotatable bonds is 13. The lowest BCUT2D eigenvalue weighted by Gasteiger charge is -2.34. The highest BCUT2D eigenvalue weighted by Crippen LogP contribution is 2.40. The summed E-state index contributed by atoms with van der Waals surface area (Å²) in [6.07, 6.45) is 0.457. The summed E-state index contributed by atoms with van der Waals surface area (Å²) in [5, 5.41) is 11.5. The van der Waals surface area contributed by atoms with Gasteiger partial charge in [-0.2, -0.15) is 0 Å². The maximum atomic E-state index is 14.2. The number of likely N-dealkylation sites (tertiary alicyclic amines) is 1. The van der Waals surface area contributed by atoms with Gasteiger partial charge in [-0.1, -0.05) is 60.7 Å². The quantitative estimate of drug-likeness (QED) is 0.180. The standard InChI is InChI=1S/C40H50N6O8/c1-39(2,3)54-38(51)44-40(4,5)37(50)43-30(24-53-23-26-14-9-7-10-15-26)34(47)42-28-19-20-31-29(22-28)41-25-46(31)33(27-16-11-8-12-17-27)35(48)45-21-13-18-32(45)36(49)52-6/h7-12,14-17,19-20,22,30,32-33,41H,13,18,21,23-25H2,1-6H3,(H,42,47)(H,43,50)(H,44,51)/t30-,32?,33?/m1/s1. The number of fused-ring (bicyclic) bond motifs is 1. The first kappa shape index (κ1) is 39.6. The summed E-state index contributed by atoms with van der Waals surface area (Å²) in [6.45, 7) is 8.96. The molecule has 2 aliphatic rings. The highest BCUT2D eigenvalue weighted by atomic mass is 16.6. The van der Waals surface area contributed by atoms with Crippen molar-refractivity contribution in [3.8, 4) is 0 Å². The average Bonchev–Trinajstić information content (AvgIpc) is 3.78. The molecular weight excluding hydrogens is 692 g/mol. The minimum absolute atomic E-state index is 0.157. The molecule has 0 saturated carbocycles. The number of esters is 1. The van der Waals surface area contributed by atoms with Crippen LogP contribution in [0.5, 0.6) is 0 Å². The van der Waals surface area contributed by atoms with Gasteiger partial charge in [0.2, 0.25) is 11.8 Å². The molecule has 2 aliphatic heterocycles. The first-order valence-electron chi connectivity index (χ1n) is 18.0. The first-order valence-corrected chi connectivity index (χ1v) is 18.0. The van der Waals surface area contributed by atoms with Crippen LogP contribution in [0.25, 0.3) is 0 Å². The summed E-state index contributed by atoms with van der Waals surface area (Å²) in [6, 6.07) is 21.6. The third-order valence-electron chi connectivity index (χ3n) is 9.08. The number of methoxy groups -OCH3 is 1. The van der Waals surface area contributed by atoms with E-state index in [0.717, 1.165) is 16.8 Å². The molecule has 2 heterocycles. The van der Waals surface area contributed by atoms with E-state index in [1.807, 2.05) is 71.6 Å². The van der Waals surface area contributed by atoms with Crippen molar-refractivity contribution in [1.82, 2.24) is 15.5 Å². The lowest BCUT2D eigenvalue weighted by atomic mass is 10.0. The molecule has 5 rings (SSSR count). The van der Waals surface area contributed by atoms with Gasteiger partial charge in [0.05, 0.1) is 38.4 Å². The number of benzene rings is 3. The number of hydrogen-bond donors (Lipinski definition) is 4. The molecule has 2 unspecified atom stereocenters. The van der Waals surface area contributed by atoms with E-state index in [2.05, 4.69) is 21.3 Å². The predicted molar refractivity (Wildman–Crippen MR) is 203 cm³/mol. The van der Waals surface area contributed by atoms with Gasteiger partial charge in [-0.05, 0) is 76.8 Å². The van der Waals surface area contributed by atoms with Gasteiger partial charge in [0.25, 0.3) is 5.91 Å². The lowest BCUT2D eigenvalue weighted by molar-refractivity contribution is -0.151. The van der Waals surface area contributed by atoms with Gasteiger partial charge in [-0.3, -0.25) is 14.4 Å². The van der Waals surface area contributed by atoms with Gasteiger partial charge in [-0.15, -0.1) is 0 Å². The molecule has 54 heavy (non-hydrogen) atoms. The van der Waals surface area contributed by atoms with Crippen molar-refractivity contribution in [2.75, 3.05) is 42.5 Å². The fraction of sp³-hybridized carbons (Fsp3) is 0.425. The second-order valence-electron chi connectivity index (χ2n) is 14.8. The number of hydrogen-bond acceptors (Lipinski definition) is 10. The third-order valence-corrected chi connectivity index (χ3v) is 9.08. The van der Waals surface area contributed by atoms with Gasteiger partial charge in [-0.25, -0.2) is 9.59 Å². The Kier molecular flexibility index (Phi) is 12.5. The van der Waals surface area contributed by atoms with Crippen LogP contribution < -0.4 is 26.2 Å². The first-order chi connectivity index (χ1) is 25.7. The molecule has 3 aromatic carbocycles. The predicted octanol–water partition coefficient (Wildman–Crippen LogP) is 4.72. The second-order valence-corrected chi connectivity index (χ2v) is 14.8. The number of carbonyl (C=O) groups is 5. The summed E-state index contributed by atoms with van der Waals surface area (Å²) in [5.74, 6) is -1.80. The minimum Gasteiger partial charge on any atom is -0.467 e. The normalized spacial score (nSPS) is 16.4. The topological polar surface area (TPSA) is 168 Å². The number of alkyl carbamates (subject to hydrolysis) is 1. The van der Waals surface area contributed by atoms with Crippen LogP contribution in [0.4, 0.5) is 21.9 Å². The van der Waals surface area contributed by atoms with Crippen molar-refractivity contribution in [3.63, 3.8) is 0 Å². The molecule has 0 aliphatic carbocycles. The largest absolute Gasteiger partial charge is 0.467 e. The summed E-state index contributed by atoms with van der Waals surface area (Å²) in [4.78, 5) is 70.1. The number of amides is 4. The Balaban J connectivity index is 1.33. The molecule has 288 valence electrons. The van der Waals surface area contributed by atoms with E-state index in [1.54, 1.807) is 37.8 Å². The highest BCUT2D eigenvalue weighted by Gasteiger charge is 2.42. The summed E-state index contributed by atoms with van der Waals surface area (Å²) < 4.78 is 16.2. The van der Waals surface area contributed by atoms with Crippen molar-refractivity contribution < 1.29 is 38.2 Å². The van der Waals surface area contributed by atoms with E-state index < -0.39 is 53.1 Å². The van der Waals surface area contributed by atoms with E-state index in [-0.39, 0.29) is 19.1 Å². The van der Waals surface area contributed by atoms with Crippen LogP contribution in [0, 0.1) is 0 Å². The number of ether oxygens (including phenoxy) is 3. The van der Waals surface area contributed by atoms with Crippen LogP contribution >= 0.6 is 0 Å². The molecule has 1 saturated heterocycles.